The summed E-state index contributed by atoms with van der Waals surface area (Å²) in [5.41, 5.74) is 1.63. The van der Waals surface area contributed by atoms with Gasteiger partial charge in [-0.05, 0) is 13.0 Å². The first-order valence-corrected chi connectivity index (χ1v) is 4.88. The quantitative estimate of drug-likeness (QED) is 0.358. The summed E-state index contributed by atoms with van der Waals surface area (Å²) in [5, 5.41) is 24.8. The van der Waals surface area contributed by atoms with Crippen molar-refractivity contribution in [3.63, 3.8) is 0 Å². The molecule has 1 aromatic rings. The first-order valence-electron chi connectivity index (χ1n) is 4.88. The van der Waals surface area contributed by atoms with Gasteiger partial charge in [0, 0.05) is 6.07 Å². The molecule has 9 heteroatoms. The van der Waals surface area contributed by atoms with Crippen LogP contribution in [0.4, 0.5) is 17.1 Å². The molecule has 1 rings (SSSR count). The van der Waals surface area contributed by atoms with Crippen molar-refractivity contribution < 1.29 is 14.6 Å². The van der Waals surface area contributed by atoms with E-state index in [0.717, 1.165) is 18.5 Å². The number of hydrazone groups is 1. The zero-order valence-corrected chi connectivity index (χ0v) is 9.40. The van der Waals surface area contributed by atoms with Crippen LogP contribution in [0.15, 0.2) is 23.3 Å². The Bertz CT molecular complexity index is 488. The third-order valence-electron chi connectivity index (χ3n) is 1.87. The summed E-state index contributed by atoms with van der Waals surface area (Å²) < 4.78 is 4.79. The molecule has 18 heavy (non-hydrogen) atoms. The van der Waals surface area contributed by atoms with Gasteiger partial charge in [-0.25, -0.2) is 0 Å². The van der Waals surface area contributed by atoms with Crippen LogP contribution in [0.25, 0.3) is 0 Å². The molecule has 0 spiro atoms. The summed E-state index contributed by atoms with van der Waals surface area (Å²) >= 11 is 0. The molecule has 0 aliphatic heterocycles. The number of hydrogen-bond donors (Lipinski definition) is 1. The molecule has 9 nitrogen and oxygen atoms in total. The minimum atomic E-state index is -0.731. The fourth-order valence-corrected chi connectivity index (χ4v) is 1.09. The van der Waals surface area contributed by atoms with Crippen LogP contribution < -0.4 is 5.43 Å². The van der Waals surface area contributed by atoms with Gasteiger partial charge in [0.1, 0.15) is 5.69 Å². The lowest BCUT2D eigenvalue weighted by Gasteiger charge is -2.01. The van der Waals surface area contributed by atoms with E-state index in [0.29, 0.717) is 6.61 Å². The van der Waals surface area contributed by atoms with Crippen LogP contribution in [-0.2, 0) is 4.74 Å². The maximum absolute atomic E-state index is 10.7. The number of nitrogens with one attached hydrogen (secondary N) is 1. The molecule has 0 bridgehead atoms. The molecule has 0 atom stereocenters. The second-order valence-electron chi connectivity index (χ2n) is 3.02. The molecule has 0 saturated carbocycles. The monoisotopic (exact) mass is 254 g/mol. The lowest BCUT2D eigenvalue weighted by Crippen LogP contribution is -1.99. The normalized spacial score (nSPS) is 10.3. The summed E-state index contributed by atoms with van der Waals surface area (Å²) in [4.78, 5) is 19.8. The standard InChI is InChI=1S/C9H10N4O5/c1-2-18-6-10-11-8-4-3-7(12(14)15)5-9(8)13(16)17/h3-6,11H,2H2,1H3/b10-6+. The van der Waals surface area contributed by atoms with Gasteiger partial charge in [0.05, 0.1) is 22.5 Å². The van der Waals surface area contributed by atoms with E-state index in [4.69, 9.17) is 4.74 Å². The number of benzene rings is 1. The van der Waals surface area contributed by atoms with Gasteiger partial charge >= 0.3 is 5.69 Å². The van der Waals surface area contributed by atoms with Crippen molar-refractivity contribution in [3.05, 3.63) is 38.4 Å². The van der Waals surface area contributed by atoms with Crippen molar-refractivity contribution in [1.82, 2.24) is 0 Å². The van der Waals surface area contributed by atoms with Crippen LogP contribution in [0.1, 0.15) is 6.92 Å². The molecule has 0 radical (unpaired) electrons. The first kappa shape index (κ1) is 13.4. The van der Waals surface area contributed by atoms with E-state index in [1.165, 1.54) is 6.07 Å². The Morgan fingerprint density at radius 2 is 2.11 bits per heavy atom. The molecule has 0 unspecified atom stereocenters. The minimum Gasteiger partial charge on any atom is -0.482 e. The highest BCUT2D eigenvalue weighted by molar-refractivity contribution is 5.66. The van der Waals surface area contributed by atoms with Gasteiger partial charge in [-0.2, -0.15) is 0 Å². The van der Waals surface area contributed by atoms with Crippen molar-refractivity contribution in [3.8, 4) is 0 Å². The first-order chi connectivity index (χ1) is 8.56. The number of nitro groups is 2. The molecular weight excluding hydrogens is 244 g/mol. The van der Waals surface area contributed by atoms with Crippen LogP contribution in [-0.4, -0.2) is 22.9 Å². The molecule has 0 aliphatic rings. The third kappa shape index (κ3) is 3.40. The SMILES string of the molecule is CCO/C=N/Nc1ccc([N+](=O)[O-])cc1[N+](=O)[O-]. The Labute approximate surface area is 101 Å². The van der Waals surface area contributed by atoms with Gasteiger partial charge in [0.2, 0.25) is 0 Å². The second-order valence-corrected chi connectivity index (χ2v) is 3.02. The van der Waals surface area contributed by atoms with E-state index in [-0.39, 0.29) is 11.4 Å². The maximum atomic E-state index is 10.7. The predicted octanol–water partition coefficient (Wildman–Crippen LogP) is 1.89. The van der Waals surface area contributed by atoms with Gasteiger partial charge in [-0.15, -0.1) is 5.10 Å². The number of nitro benzene ring substituents is 2. The highest BCUT2D eigenvalue weighted by atomic mass is 16.6. The van der Waals surface area contributed by atoms with Gasteiger partial charge in [0.15, 0.2) is 6.40 Å². The average molecular weight is 254 g/mol. The Morgan fingerprint density at radius 1 is 1.39 bits per heavy atom. The van der Waals surface area contributed by atoms with Gasteiger partial charge in [-0.3, -0.25) is 25.7 Å². The molecule has 96 valence electrons. The number of non-ortho nitro benzene ring substituents is 1. The van der Waals surface area contributed by atoms with Crippen molar-refractivity contribution in [2.45, 2.75) is 6.92 Å². The van der Waals surface area contributed by atoms with Crippen LogP contribution in [0.3, 0.4) is 0 Å². The van der Waals surface area contributed by atoms with Crippen LogP contribution in [0, 0.1) is 20.2 Å². The number of anilines is 1. The minimum absolute atomic E-state index is 0.0431. The summed E-state index contributed by atoms with van der Waals surface area (Å²) in [6, 6.07) is 3.21. The Morgan fingerprint density at radius 3 is 2.67 bits per heavy atom. The van der Waals surface area contributed by atoms with Crippen LogP contribution >= 0.6 is 0 Å². The summed E-state index contributed by atoms with van der Waals surface area (Å²) in [6.45, 7) is 2.16. The van der Waals surface area contributed by atoms with E-state index < -0.39 is 15.5 Å². The molecule has 1 aromatic carbocycles. The van der Waals surface area contributed by atoms with E-state index >= 15 is 0 Å². The Hall–Kier alpha value is -2.71. The molecule has 0 amide bonds. The Balaban J connectivity index is 2.97. The highest BCUT2D eigenvalue weighted by Crippen LogP contribution is 2.28. The number of rotatable bonds is 6. The molecule has 1 N–H and O–H groups in total. The fourth-order valence-electron chi connectivity index (χ4n) is 1.09. The number of hydrogen-bond acceptors (Lipinski definition) is 7. The molecule has 0 saturated heterocycles. The van der Waals surface area contributed by atoms with Gasteiger partial charge in [0.25, 0.3) is 5.69 Å². The van der Waals surface area contributed by atoms with Crippen molar-refractivity contribution >= 4 is 23.5 Å². The van der Waals surface area contributed by atoms with E-state index in [9.17, 15) is 20.2 Å². The molecule has 0 aliphatic carbocycles. The lowest BCUT2D eigenvalue weighted by molar-refractivity contribution is -0.393. The maximum Gasteiger partial charge on any atom is 0.301 e. The molecule has 0 heterocycles. The number of ether oxygens (including phenoxy) is 1. The highest BCUT2D eigenvalue weighted by Gasteiger charge is 2.18. The van der Waals surface area contributed by atoms with E-state index in [1.54, 1.807) is 6.92 Å². The second kappa shape index (κ2) is 6.13. The van der Waals surface area contributed by atoms with Crippen LogP contribution in [0.2, 0.25) is 0 Å². The van der Waals surface area contributed by atoms with Crippen LogP contribution in [0.5, 0.6) is 0 Å². The summed E-state index contributed by atoms with van der Waals surface area (Å²) in [6.07, 6.45) is 1.09. The average Bonchev–Trinajstić information content (AvgIpc) is 2.34. The smallest absolute Gasteiger partial charge is 0.301 e. The van der Waals surface area contributed by atoms with Crippen molar-refractivity contribution in [2.24, 2.45) is 5.10 Å². The summed E-state index contributed by atoms with van der Waals surface area (Å²) in [7, 11) is 0. The molecule has 0 aromatic heterocycles. The van der Waals surface area contributed by atoms with Crippen molar-refractivity contribution in [1.29, 1.82) is 0 Å². The molecular formula is C9H10N4O5. The largest absolute Gasteiger partial charge is 0.482 e. The van der Waals surface area contributed by atoms with E-state index in [2.05, 4.69) is 10.5 Å². The third-order valence-corrected chi connectivity index (χ3v) is 1.87. The van der Waals surface area contributed by atoms with Gasteiger partial charge < -0.3 is 4.74 Å². The zero-order valence-electron chi connectivity index (χ0n) is 9.40. The topological polar surface area (TPSA) is 120 Å². The zero-order chi connectivity index (χ0) is 13.5. The summed E-state index contributed by atoms with van der Waals surface area (Å²) in [5.74, 6) is 0. The van der Waals surface area contributed by atoms with E-state index in [1.807, 2.05) is 0 Å². The van der Waals surface area contributed by atoms with Gasteiger partial charge in [-0.1, -0.05) is 0 Å². The molecule has 0 fully saturated rings. The number of nitrogens with zero attached hydrogens (tertiary/aromatic N) is 3. The van der Waals surface area contributed by atoms with Crippen molar-refractivity contribution in [2.75, 3.05) is 12.0 Å². The predicted molar refractivity (Wildman–Crippen MR) is 63.5 cm³/mol. The lowest BCUT2D eigenvalue weighted by atomic mass is 10.2. The Kier molecular flexibility index (Phi) is 4.55. The fraction of sp³-hybridized carbons (Fsp3) is 0.222.